The van der Waals surface area contributed by atoms with Gasteiger partial charge in [-0.25, -0.2) is 0 Å². The van der Waals surface area contributed by atoms with E-state index < -0.39 is 0 Å². The lowest BCUT2D eigenvalue weighted by Gasteiger charge is -2.03. The first-order valence-electron chi connectivity index (χ1n) is 3.26. The Kier molecular flexibility index (Phi) is 10.9. The summed E-state index contributed by atoms with van der Waals surface area (Å²) in [6.07, 6.45) is 1.74. The predicted molar refractivity (Wildman–Crippen MR) is 73.5 cm³/mol. The molecule has 0 aromatic heterocycles. The standard InChI is InChI=1S/2C3H5Br2Cl/c2*1-2-3(4,5)6/h2*2H2,1H3. The molecule has 0 aliphatic rings. The van der Waals surface area contributed by atoms with Crippen LogP contribution in [0.1, 0.15) is 26.7 Å². The molecular weight excluding hydrogens is 463 g/mol. The maximum atomic E-state index is 5.55. The topological polar surface area (TPSA) is 0 Å². The number of hydrogen-bond donors (Lipinski definition) is 0. The molecule has 0 atom stereocenters. The highest BCUT2D eigenvalue weighted by atomic mass is 79.9. The van der Waals surface area contributed by atoms with E-state index in [0.29, 0.717) is 0 Å². The lowest BCUT2D eigenvalue weighted by atomic mass is 10.6. The van der Waals surface area contributed by atoms with Crippen LogP contribution in [0.3, 0.4) is 0 Å². The smallest absolute Gasteiger partial charge is 0.0940 e. The number of halogens is 6. The molecule has 0 aromatic carbocycles. The molecule has 0 nitrogen and oxygen atoms in total. The van der Waals surface area contributed by atoms with Gasteiger partial charge in [-0.15, -0.1) is 0 Å². The van der Waals surface area contributed by atoms with Crippen LogP contribution >= 0.6 is 86.9 Å². The monoisotopic (exact) mass is 468 g/mol. The third-order valence-corrected chi connectivity index (χ3v) is 3.58. The average molecular weight is 473 g/mol. The van der Waals surface area contributed by atoms with Crippen LogP contribution in [0.5, 0.6) is 0 Å². The third-order valence-electron chi connectivity index (χ3n) is 0.802. The van der Waals surface area contributed by atoms with E-state index in [1.165, 1.54) is 0 Å². The second-order valence-corrected chi connectivity index (χ2v) is 12.6. The van der Waals surface area contributed by atoms with Crippen LogP contribution < -0.4 is 0 Å². The number of rotatable bonds is 2. The molecule has 0 spiro atoms. The molecule has 0 N–H and O–H groups in total. The quantitative estimate of drug-likeness (QED) is 0.423. The van der Waals surface area contributed by atoms with E-state index in [1.807, 2.05) is 13.8 Å². The van der Waals surface area contributed by atoms with Crippen molar-refractivity contribution < 1.29 is 0 Å². The van der Waals surface area contributed by atoms with Crippen molar-refractivity contribution in [1.82, 2.24) is 0 Å². The van der Waals surface area contributed by atoms with E-state index in [2.05, 4.69) is 63.7 Å². The summed E-state index contributed by atoms with van der Waals surface area (Å²) in [4.78, 5) is 0. The maximum Gasteiger partial charge on any atom is 0.153 e. The van der Waals surface area contributed by atoms with E-state index in [9.17, 15) is 0 Å². The fourth-order valence-corrected chi connectivity index (χ4v) is 0. The molecule has 12 heavy (non-hydrogen) atoms. The van der Waals surface area contributed by atoms with Gasteiger partial charge in [0.05, 0.1) is 0 Å². The Bertz CT molecular complexity index is 91.1. The first kappa shape index (κ1) is 16.9. The van der Waals surface area contributed by atoms with Gasteiger partial charge in [-0.2, -0.15) is 0 Å². The van der Waals surface area contributed by atoms with Crippen molar-refractivity contribution in [3.63, 3.8) is 0 Å². The van der Waals surface area contributed by atoms with Crippen LogP contribution in [0.15, 0.2) is 0 Å². The van der Waals surface area contributed by atoms with Crippen molar-refractivity contribution in [3.8, 4) is 0 Å². The van der Waals surface area contributed by atoms with Crippen molar-refractivity contribution in [1.29, 1.82) is 0 Å². The summed E-state index contributed by atoms with van der Waals surface area (Å²) >= 11 is 23.7. The Morgan fingerprint density at radius 1 is 0.833 bits per heavy atom. The first-order chi connectivity index (χ1) is 5.12. The van der Waals surface area contributed by atoms with E-state index >= 15 is 0 Å². The molecule has 0 saturated heterocycles. The summed E-state index contributed by atoms with van der Waals surface area (Å²) < 4.78 is -0.722. The minimum absolute atomic E-state index is 0.361. The third kappa shape index (κ3) is 22.9. The van der Waals surface area contributed by atoms with Gasteiger partial charge in [0, 0.05) is 0 Å². The highest BCUT2D eigenvalue weighted by Crippen LogP contribution is 2.34. The minimum atomic E-state index is -0.361. The van der Waals surface area contributed by atoms with Crippen LogP contribution in [-0.2, 0) is 0 Å². The van der Waals surface area contributed by atoms with Gasteiger partial charge < -0.3 is 0 Å². The molecule has 0 rings (SSSR count). The van der Waals surface area contributed by atoms with Gasteiger partial charge in [0.15, 0.2) is 5.39 Å². The Hall–Kier alpha value is 2.50. The van der Waals surface area contributed by atoms with Crippen molar-refractivity contribution in [3.05, 3.63) is 0 Å². The first-order valence-corrected chi connectivity index (χ1v) is 7.18. The summed E-state index contributed by atoms with van der Waals surface area (Å²) in [5.41, 5.74) is 0. The summed E-state index contributed by atoms with van der Waals surface area (Å²) in [5.74, 6) is 0. The molecule has 0 heterocycles. The van der Waals surface area contributed by atoms with Crippen molar-refractivity contribution in [2.75, 3.05) is 0 Å². The summed E-state index contributed by atoms with van der Waals surface area (Å²) in [6, 6.07) is 0. The van der Waals surface area contributed by atoms with E-state index in [4.69, 9.17) is 23.2 Å². The molecule has 0 saturated carbocycles. The molecular formula is C6H10Br4Cl2. The van der Waals surface area contributed by atoms with Crippen molar-refractivity contribution in [2.24, 2.45) is 0 Å². The lowest BCUT2D eigenvalue weighted by Crippen LogP contribution is -1.93. The van der Waals surface area contributed by atoms with E-state index in [1.54, 1.807) is 0 Å². The van der Waals surface area contributed by atoms with E-state index in [0.717, 1.165) is 12.8 Å². The van der Waals surface area contributed by atoms with Crippen LogP contribution in [0.4, 0.5) is 0 Å². The Morgan fingerprint density at radius 2 is 0.917 bits per heavy atom. The SMILES string of the molecule is CCC(Cl)(Br)Br.CCC(Cl)(Br)Br. The Morgan fingerprint density at radius 3 is 0.917 bits per heavy atom. The molecule has 0 radical (unpaired) electrons. The van der Waals surface area contributed by atoms with Crippen molar-refractivity contribution in [2.45, 2.75) is 32.1 Å². The second kappa shape index (κ2) is 7.75. The zero-order valence-corrected chi connectivity index (χ0v) is 14.5. The fraction of sp³-hybridized carbons (Fsp3) is 1.00. The summed E-state index contributed by atoms with van der Waals surface area (Å²) in [7, 11) is 0. The highest BCUT2D eigenvalue weighted by Gasteiger charge is 2.13. The van der Waals surface area contributed by atoms with Gasteiger partial charge in [-0.1, -0.05) is 101 Å². The molecule has 0 aliphatic heterocycles. The van der Waals surface area contributed by atoms with E-state index in [-0.39, 0.29) is 5.39 Å². The van der Waals surface area contributed by atoms with Gasteiger partial charge in [-0.05, 0) is 12.8 Å². The van der Waals surface area contributed by atoms with Gasteiger partial charge in [0.25, 0.3) is 0 Å². The van der Waals surface area contributed by atoms with Crippen LogP contribution in [0, 0.1) is 0 Å². The predicted octanol–water partition coefficient (Wildman–Crippen LogP) is 6.16. The number of alkyl halides is 6. The van der Waals surface area contributed by atoms with Gasteiger partial charge >= 0.3 is 0 Å². The largest absolute Gasteiger partial charge is 0.153 e. The van der Waals surface area contributed by atoms with Crippen molar-refractivity contribution >= 4 is 86.9 Å². The summed E-state index contributed by atoms with van der Waals surface area (Å²) in [6.45, 7) is 3.97. The molecule has 0 bridgehead atoms. The van der Waals surface area contributed by atoms with Crippen LogP contribution in [0.25, 0.3) is 0 Å². The van der Waals surface area contributed by atoms with Crippen LogP contribution in [0.2, 0.25) is 0 Å². The summed E-state index contributed by atoms with van der Waals surface area (Å²) in [5, 5.41) is 0. The molecule has 76 valence electrons. The fourth-order valence-electron chi connectivity index (χ4n) is 0. The highest BCUT2D eigenvalue weighted by molar-refractivity contribution is 9.26. The van der Waals surface area contributed by atoms with Crippen LogP contribution in [-0.4, -0.2) is 5.39 Å². The van der Waals surface area contributed by atoms with Gasteiger partial charge in [0.1, 0.15) is 0 Å². The zero-order chi connectivity index (χ0) is 10.4. The average Bonchev–Trinajstić information content (AvgIpc) is 1.86. The second-order valence-electron chi connectivity index (χ2n) is 1.94. The molecule has 0 aliphatic carbocycles. The number of hydrogen-bond acceptors (Lipinski definition) is 0. The normalized spacial score (nSPS) is 12.0. The van der Waals surface area contributed by atoms with Gasteiger partial charge in [-0.3, -0.25) is 0 Å². The molecule has 0 unspecified atom stereocenters. The van der Waals surface area contributed by atoms with Gasteiger partial charge in [0.2, 0.25) is 0 Å². The Balaban J connectivity index is 0. The zero-order valence-electron chi connectivity index (χ0n) is 6.68. The molecule has 0 fully saturated rings. The Labute approximate surface area is 118 Å². The molecule has 0 aromatic rings. The minimum Gasteiger partial charge on any atom is -0.0940 e. The maximum absolute atomic E-state index is 5.55. The lowest BCUT2D eigenvalue weighted by molar-refractivity contribution is 1.03. The molecule has 6 heteroatoms. The molecule has 0 amide bonds.